The molecule has 0 spiro atoms. The van der Waals surface area contributed by atoms with Crippen molar-refractivity contribution in [2.24, 2.45) is 11.7 Å². The minimum absolute atomic E-state index is 0.0737. The smallest absolute Gasteiger partial charge is 0.303 e. The number of carboxylic acids is 1. The van der Waals surface area contributed by atoms with Gasteiger partial charge >= 0.3 is 5.97 Å². The van der Waals surface area contributed by atoms with Crippen molar-refractivity contribution >= 4 is 17.6 Å². The Labute approximate surface area is 119 Å². The lowest BCUT2D eigenvalue weighted by atomic mass is 10.0. The number of nitrogens with one attached hydrogen (secondary N) is 1. The minimum atomic E-state index is -0.835. The maximum atomic E-state index is 11.9. The van der Waals surface area contributed by atoms with Crippen LogP contribution in [0.2, 0.25) is 0 Å². The molecule has 1 unspecified atom stereocenters. The molecule has 0 saturated heterocycles. The zero-order chi connectivity index (χ0) is 15.1. The van der Waals surface area contributed by atoms with Crippen LogP contribution in [0.15, 0.2) is 24.3 Å². The van der Waals surface area contributed by atoms with Crippen molar-refractivity contribution in [2.75, 3.05) is 5.32 Å². The Morgan fingerprint density at radius 2 is 2.05 bits per heavy atom. The fourth-order valence-corrected chi connectivity index (χ4v) is 1.91. The van der Waals surface area contributed by atoms with Crippen LogP contribution in [0, 0.1) is 5.92 Å². The number of nitrogens with two attached hydrogens (primary N) is 1. The summed E-state index contributed by atoms with van der Waals surface area (Å²) in [6, 6.07) is 6.65. The summed E-state index contributed by atoms with van der Waals surface area (Å²) in [5.41, 5.74) is 7.34. The molecule has 0 aliphatic carbocycles. The highest BCUT2D eigenvalue weighted by Crippen LogP contribution is 2.13. The first-order chi connectivity index (χ1) is 9.38. The molecule has 1 amide bonds. The van der Waals surface area contributed by atoms with Gasteiger partial charge in [0, 0.05) is 12.1 Å². The number of amides is 1. The SMILES string of the molecule is CC(C)CC(N)C(=O)Nc1cccc(CCC(=O)O)c1. The summed E-state index contributed by atoms with van der Waals surface area (Å²) in [6.45, 7) is 4.03. The molecule has 0 bridgehead atoms. The third-order valence-electron chi connectivity index (χ3n) is 2.88. The van der Waals surface area contributed by atoms with E-state index >= 15 is 0 Å². The van der Waals surface area contributed by atoms with Crippen LogP contribution in [-0.2, 0) is 16.0 Å². The molecule has 0 heterocycles. The van der Waals surface area contributed by atoms with E-state index in [0.717, 1.165) is 5.56 Å². The molecule has 0 aromatic heterocycles. The number of rotatable bonds is 7. The summed E-state index contributed by atoms with van der Waals surface area (Å²) < 4.78 is 0. The van der Waals surface area contributed by atoms with E-state index in [2.05, 4.69) is 5.32 Å². The third-order valence-corrected chi connectivity index (χ3v) is 2.88. The maximum absolute atomic E-state index is 11.9. The van der Waals surface area contributed by atoms with Crippen LogP contribution in [0.3, 0.4) is 0 Å². The van der Waals surface area contributed by atoms with Crippen LogP contribution in [0.5, 0.6) is 0 Å². The first kappa shape index (κ1) is 16.2. The Balaban J connectivity index is 2.61. The van der Waals surface area contributed by atoms with Crippen molar-refractivity contribution in [3.63, 3.8) is 0 Å². The van der Waals surface area contributed by atoms with E-state index in [-0.39, 0.29) is 12.3 Å². The molecule has 1 aromatic carbocycles. The molecule has 1 atom stereocenters. The molecule has 1 aromatic rings. The Morgan fingerprint density at radius 1 is 1.35 bits per heavy atom. The highest BCUT2D eigenvalue weighted by atomic mass is 16.4. The average Bonchev–Trinajstić information content (AvgIpc) is 2.36. The predicted octanol–water partition coefficient (Wildman–Crippen LogP) is 2.02. The molecule has 0 saturated carbocycles. The van der Waals surface area contributed by atoms with Crippen LogP contribution in [0.4, 0.5) is 5.69 Å². The van der Waals surface area contributed by atoms with Crippen LogP contribution >= 0.6 is 0 Å². The Morgan fingerprint density at radius 3 is 2.65 bits per heavy atom. The Kier molecular flexibility index (Phi) is 6.18. The number of aliphatic carboxylic acids is 1. The van der Waals surface area contributed by atoms with Gasteiger partial charge in [-0.1, -0.05) is 26.0 Å². The number of aryl methyl sites for hydroxylation is 1. The largest absolute Gasteiger partial charge is 0.481 e. The van der Waals surface area contributed by atoms with Crippen LogP contribution in [0.25, 0.3) is 0 Å². The summed E-state index contributed by atoms with van der Waals surface area (Å²) in [7, 11) is 0. The van der Waals surface area contributed by atoms with Gasteiger partial charge < -0.3 is 16.2 Å². The van der Waals surface area contributed by atoms with Gasteiger partial charge in [-0.3, -0.25) is 9.59 Å². The number of anilines is 1. The van der Waals surface area contributed by atoms with Gasteiger partial charge in [0.25, 0.3) is 0 Å². The van der Waals surface area contributed by atoms with E-state index in [1.165, 1.54) is 0 Å². The lowest BCUT2D eigenvalue weighted by molar-refractivity contribution is -0.137. The first-order valence-corrected chi connectivity index (χ1v) is 6.75. The lowest BCUT2D eigenvalue weighted by Gasteiger charge is -2.14. The number of carboxylic acid groups (broad SMARTS) is 1. The summed E-state index contributed by atoms with van der Waals surface area (Å²) in [5.74, 6) is -0.690. The summed E-state index contributed by atoms with van der Waals surface area (Å²) in [4.78, 5) is 22.4. The highest BCUT2D eigenvalue weighted by molar-refractivity contribution is 5.94. The molecule has 0 aliphatic rings. The van der Waals surface area contributed by atoms with E-state index in [9.17, 15) is 9.59 Å². The van der Waals surface area contributed by atoms with Crippen molar-refractivity contribution in [1.29, 1.82) is 0 Å². The van der Waals surface area contributed by atoms with Crippen molar-refractivity contribution in [1.82, 2.24) is 0 Å². The zero-order valence-electron chi connectivity index (χ0n) is 11.9. The van der Waals surface area contributed by atoms with Gasteiger partial charge in [-0.25, -0.2) is 0 Å². The van der Waals surface area contributed by atoms with E-state index in [1.54, 1.807) is 18.2 Å². The number of carbonyl (C=O) groups is 2. The van der Waals surface area contributed by atoms with Gasteiger partial charge in [0.15, 0.2) is 0 Å². The molecular formula is C15H22N2O3. The summed E-state index contributed by atoms with van der Waals surface area (Å²) in [5, 5.41) is 11.4. The molecule has 110 valence electrons. The molecule has 20 heavy (non-hydrogen) atoms. The van der Waals surface area contributed by atoms with Crippen molar-refractivity contribution in [3.8, 4) is 0 Å². The Bertz CT molecular complexity index is 472. The Hall–Kier alpha value is -1.88. The second-order valence-electron chi connectivity index (χ2n) is 5.32. The van der Waals surface area contributed by atoms with E-state index < -0.39 is 12.0 Å². The molecule has 4 N–H and O–H groups in total. The van der Waals surface area contributed by atoms with Crippen LogP contribution in [0.1, 0.15) is 32.3 Å². The molecule has 5 nitrogen and oxygen atoms in total. The second-order valence-corrected chi connectivity index (χ2v) is 5.32. The van der Waals surface area contributed by atoms with E-state index in [0.29, 0.717) is 24.4 Å². The predicted molar refractivity (Wildman–Crippen MR) is 78.5 cm³/mol. The van der Waals surface area contributed by atoms with E-state index in [4.69, 9.17) is 10.8 Å². The second kappa shape index (κ2) is 7.65. The van der Waals surface area contributed by atoms with Crippen molar-refractivity contribution in [2.45, 2.75) is 39.2 Å². The van der Waals surface area contributed by atoms with Gasteiger partial charge in [0.2, 0.25) is 5.91 Å². The van der Waals surface area contributed by atoms with Gasteiger partial charge in [-0.15, -0.1) is 0 Å². The number of carbonyl (C=O) groups excluding carboxylic acids is 1. The zero-order valence-corrected chi connectivity index (χ0v) is 11.9. The van der Waals surface area contributed by atoms with Gasteiger partial charge in [-0.05, 0) is 36.5 Å². The molecule has 0 radical (unpaired) electrons. The molecular weight excluding hydrogens is 256 g/mol. The van der Waals surface area contributed by atoms with Crippen molar-refractivity contribution in [3.05, 3.63) is 29.8 Å². The normalized spacial score (nSPS) is 12.2. The number of benzene rings is 1. The van der Waals surface area contributed by atoms with Gasteiger partial charge in [-0.2, -0.15) is 0 Å². The van der Waals surface area contributed by atoms with Crippen molar-refractivity contribution < 1.29 is 14.7 Å². The first-order valence-electron chi connectivity index (χ1n) is 6.75. The monoisotopic (exact) mass is 278 g/mol. The summed E-state index contributed by atoms with van der Waals surface area (Å²) >= 11 is 0. The van der Waals surface area contributed by atoms with Gasteiger partial charge in [0.05, 0.1) is 6.04 Å². The number of hydrogen-bond acceptors (Lipinski definition) is 3. The van der Waals surface area contributed by atoms with Crippen LogP contribution in [-0.4, -0.2) is 23.0 Å². The lowest BCUT2D eigenvalue weighted by Crippen LogP contribution is -2.36. The fourth-order valence-electron chi connectivity index (χ4n) is 1.91. The van der Waals surface area contributed by atoms with Crippen LogP contribution < -0.4 is 11.1 Å². The standard InChI is InChI=1S/C15H22N2O3/c1-10(2)8-13(16)15(20)17-12-5-3-4-11(9-12)6-7-14(18)19/h3-5,9-10,13H,6-8,16H2,1-2H3,(H,17,20)(H,18,19). The highest BCUT2D eigenvalue weighted by Gasteiger charge is 2.15. The topological polar surface area (TPSA) is 92.4 Å². The average molecular weight is 278 g/mol. The molecule has 0 fully saturated rings. The summed E-state index contributed by atoms with van der Waals surface area (Å²) in [6.07, 6.45) is 1.14. The number of hydrogen-bond donors (Lipinski definition) is 3. The molecule has 1 rings (SSSR count). The third kappa shape index (κ3) is 5.84. The molecule has 0 aliphatic heterocycles. The quantitative estimate of drug-likeness (QED) is 0.711. The molecule has 5 heteroatoms. The van der Waals surface area contributed by atoms with E-state index in [1.807, 2.05) is 19.9 Å². The minimum Gasteiger partial charge on any atom is -0.481 e. The van der Waals surface area contributed by atoms with Gasteiger partial charge in [0.1, 0.15) is 0 Å². The maximum Gasteiger partial charge on any atom is 0.303 e. The fraction of sp³-hybridized carbons (Fsp3) is 0.467.